The van der Waals surface area contributed by atoms with E-state index < -0.39 is 35.9 Å². The van der Waals surface area contributed by atoms with Crippen molar-refractivity contribution < 1.29 is 23.9 Å². The van der Waals surface area contributed by atoms with Gasteiger partial charge < -0.3 is 10.1 Å². The van der Waals surface area contributed by atoms with Gasteiger partial charge in [0.25, 0.3) is 5.91 Å². The number of carbonyl (C=O) groups excluding carboxylic acids is 4. The summed E-state index contributed by atoms with van der Waals surface area (Å²) in [7, 11) is 0. The number of hydrogen-bond donors (Lipinski definition) is 1. The second kappa shape index (κ2) is 8.42. The van der Waals surface area contributed by atoms with Crippen LogP contribution in [0.15, 0.2) is 24.3 Å². The molecule has 1 aromatic carbocycles. The fraction of sp³-hybridized carbons (Fsp3) is 0.478. The van der Waals surface area contributed by atoms with Crippen LogP contribution in [0.4, 0.5) is 5.69 Å². The number of hydrogen-bond acceptors (Lipinski definition) is 5. The quantitative estimate of drug-likeness (QED) is 0.456. The van der Waals surface area contributed by atoms with Crippen LogP contribution in [0, 0.1) is 32.6 Å². The second-order valence-corrected chi connectivity index (χ2v) is 8.22. The Morgan fingerprint density at radius 3 is 2.00 bits per heavy atom. The summed E-state index contributed by atoms with van der Waals surface area (Å²) in [5.74, 6) is -2.76. The lowest BCUT2D eigenvalue weighted by atomic mass is 9.85. The summed E-state index contributed by atoms with van der Waals surface area (Å²) in [6, 6.07) is 2.84. The highest BCUT2D eigenvalue weighted by Crippen LogP contribution is 2.36. The molecule has 1 fully saturated rings. The number of nitrogens with one attached hydrogen (secondary N) is 1. The number of esters is 1. The Morgan fingerprint density at radius 2 is 1.50 bits per heavy atom. The van der Waals surface area contributed by atoms with E-state index in [1.54, 1.807) is 0 Å². The first-order valence-corrected chi connectivity index (χ1v) is 10.2. The topological polar surface area (TPSA) is 92.8 Å². The number of carbonyl (C=O) groups is 4. The Kier molecular flexibility index (Phi) is 6.10. The van der Waals surface area contributed by atoms with Crippen molar-refractivity contribution in [3.8, 4) is 0 Å². The summed E-state index contributed by atoms with van der Waals surface area (Å²) in [5, 5.41) is 2.81. The summed E-state index contributed by atoms with van der Waals surface area (Å²) in [6.07, 6.45) is 3.71. The molecule has 0 aromatic heterocycles. The zero-order valence-electron chi connectivity index (χ0n) is 18.0. The van der Waals surface area contributed by atoms with Crippen molar-refractivity contribution in [2.75, 3.05) is 5.32 Å². The molecule has 3 amide bonds. The number of nitrogens with zero attached hydrogens (tertiary/aromatic N) is 1. The number of likely N-dealkylation sites (tertiary alicyclic amines) is 1. The molecule has 0 bridgehead atoms. The van der Waals surface area contributed by atoms with E-state index in [2.05, 4.69) is 5.32 Å². The summed E-state index contributed by atoms with van der Waals surface area (Å²) in [6.45, 7) is 8.70. The Bertz CT molecular complexity index is 887. The van der Waals surface area contributed by atoms with E-state index in [0.29, 0.717) is 18.5 Å². The number of amides is 3. The summed E-state index contributed by atoms with van der Waals surface area (Å²) < 4.78 is 5.30. The van der Waals surface area contributed by atoms with Gasteiger partial charge >= 0.3 is 5.97 Å². The summed E-state index contributed by atoms with van der Waals surface area (Å²) in [5.41, 5.74) is 3.60. The van der Waals surface area contributed by atoms with Crippen LogP contribution < -0.4 is 5.32 Å². The molecule has 2 aliphatic rings. The Hall–Kier alpha value is -2.96. The predicted molar refractivity (Wildman–Crippen MR) is 112 cm³/mol. The number of anilines is 1. The standard InChI is InChI=1S/C23H28N2O5/c1-12-10-13(2)19(14(3)11-12)24-20(26)16(5)30-23(29)15(4)25-21(27)17-8-6-7-9-18(17)22(25)28/h6-7,10-11,15-18H,8-9H2,1-5H3,(H,24,26)/t15-,16-,17-,18+/m0/s1. The molecule has 7 heteroatoms. The molecule has 1 saturated heterocycles. The second-order valence-electron chi connectivity index (χ2n) is 8.22. The van der Waals surface area contributed by atoms with Gasteiger partial charge in [-0.3, -0.25) is 19.3 Å². The van der Waals surface area contributed by atoms with E-state index in [9.17, 15) is 19.2 Å². The van der Waals surface area contributed by atoms with Crippen molar-refractivity contribution in [3.63, 3.8) is 0 Å². The van der Waals surface area contributed by atoms with Gasteiger partial charge in [0.05, 0.1) is 11.8 Å². The van der Waals surface area contributed by atoms with Crippen molar-refractivity contribution in [2.45, 2.75) is 59.6 Å². The van der Waals surface area contributed by atoms with Gasteiger partial charge in [0.1, 0.15) is 6.04 Å². The highest BCUT2D eigenvalue weighted by atomic mass is 16.5. The van der Waals surface area contributed by atoms with Crippen molar-refractivity contribution in [1.82, 2.24) is 4.90 Å². The van der Waals surface area contributed by atoms with Crippen LogP contribution in [0.5, 0.6) is 0 Å². The van der Waals surface area contributed by atoms with E-state index in [4.69, 9.17) is 4.74 Å². The molecule has 1 N–H and O–H groups in total. The smallest absolute Gasteiger partial charge is 0.329 e. The lowest BCUT2D eigenvalue weighted by Crippen LogP contribution is -2.46. The van der Waals surface area contributed by atoms with Crippen LogP contribution >= 0.6 is 0 Å². The lowest BCUT2D eigenvalue weighted by Gasteiger charge is -2.23. The first kappa shape index (κ1) is 21.7. The van der Waals surface area contributed by atoms with Crippen molar-refractivity contribution in [3.05, 3.63) is 41.0 Å². The first-order valence-electron chi connectivity index (χ1n) is 10.2. The van der Waals surface area contributed by atoms with E-state index in [1.165, 1.54) is 13.8 Å². The van der Waals surface area contributed by atoms with Crippen LogP contribution in [-0.2, 0) is 23.9 Å². The zero-order valence-corrected chi connectivity index (χ0v) is 18.0. The molecule has 3 rings (SSSR count). The van der Waals surface area contributed by atoms with Gasteiger partial charge in [-0.1, -0.05) is 29.8 Å². The third kappa shape index (κ3) is 4.01. The maximum atomic E-state index is 12.6. The van der Waals surface area contributed by atoms with E-state index in [1.807, 2.05) is 45.1 Å². The fourth-order valence-electron chi connectivity index (χ4n) is 4.24. The van der Waals surface area contributed by atoms with E-state index in [0.717, 1.165) is 21.6 Å². The van der Waals surface area contributed by atoms with Gasteiger partial charge in [-0.15, -0.1) is 0 Å². The van der Waals surface area contributed by atoms with Crippen LogP contribution in [0.2, 0.25) is 0 Å². The number of rotatable bonds is 5. The minimum Gasteiger partial charge on any atom is -0.451 e. The molecular weight excluding hydrogens is 384 g/mol. The van der Waals surface area contributed by atoms with Gasteiger partial charge in [-0.25, -0.2) is 4.79 Å². The Morgan fingerprint density at radius 1 is 1.00 bits per heavy atom. The number of ether oxygens (including phenoxy) is 1. The van der Waals surface area contributed by atoms with Crippen molar-refractivity contribution >= 4 is 29.4 Å². The van der Waals surface area contributed by atoms with Crippen LogP contribution in [0.3, 0.4) is 0 Å². The Labute approximate surface area is 176 Å². The SMILES string of the molecule is Cc1cc(C)c(NC(=O)[C@H](C)OC(=O)[C@H](C)N2C(=O)[C@H]3CC=CC[C@H]3C2=O)c(C)c1. The molecule has 0 saturated carbocycles. The highest BCUT2D eigenvalue weighted by molar-refractivity contribution is 6.08. The molecule has 1 aromatic rings. The van der Waals surface area contributed by atoms with Crippen LogP contribution in [0.1, 0.15) is 43.4 Å². The van der Waals surface area contributed by atoms with Gasteiger partial charge in [0, 0.05) is 5.69 Å². The zero-order chi connectivity index (χ0) is 22.2. The lowest BCUT2D eigenvalue weighted by molar-refractivity contribution is -0.163. The molecule has 4 atom stereocenters. The van der Waals surface area contributed by atoms with Gasteiger partial charge in [-0.05, 0) is 58.6 Å². The maximum Gasteiger partial charge on any atom is 0.329 e. The van der Waals surface area contributed by atoms with Crippen LogP contribution in [0.25, 0.3) is 0 Å². The largest absolute Gasteiger partial charge is 0.451 e. The van der Waals surface area contributed by atoms with E-state index >= 15 is 0 Å². The van der Waals surface area contributed by atoms with Gasteiger partial charge in [0.15, 0.2) is 6.10 Å². The molecule has 1 aliphatic carbocycles. The molecule has 30 heavy (non-hydrogen) atoms. The minimum absolute atomic E-state index is 0.346. The first-order chi connectivity index (χ1) is 14.1. The summed E-state index contributed by atoms with van der Waals surface area (Å²) >= 11 is 0. The average molecular weight is 412 g/mol. The number of aryl methyl sites for hydroxylation is 3. The highest BCUT2D eigenvalue weighted by Gasteiger charge is 2.50. The third-order valence-electron chi connectivity index (χ3n) is 5.86. The van der Waals surface area contributed by atoms with Gasteiger partial charge in [-0.2, -0.15) is 0 Å². The Balaban J connectivity index is 1.64. The molecule has 0 unspecified atom stereocenters. The fourth-order valence-corrected chi connectivity index (χ4v) is 4.24. The van der Waals surface area contributed by atoms with Crippen molar-refractivity contribution in [2.24, 2.45) is 11.8 Å². The average Bonchev–Trinajstić information content (AvgIpc) is 2.94. The number of benzene rings is 1. The maximum absolute atomic E-state index is 12.6. The molecule has 7 nitrogen and oxygen atoms in total. The van der Waals surface area contributed by atoms with E-state index in [-0.39, 0.29) is 11.8 Å². The van der Waals surface area contributed by atoms with Crippen molar-refractivity contribution in [1.29, 1.82) is 0 Å². The van der Waals surface area contributed by atoms with Crippen LogP contribution in [-0.4, -0.2) is 40.7 Å². The summed E-state index contributed by atoms with van der Waals surface area (Å²) in [4.78, 5) is 51.5. The normalized spacial score (nSPS) is 22.5. The molecule has 0 spiro atoms. The minimum atomic E-state index is -1.08. The molecule has 160 valence electrons. The predicted octanol–water partition coefficient (Wildman–Crippen LogP) is 2.82. The number of allylic oxidation sites excluding steroid dienone is 2. The number of fused-ring (bicyclic) bond motifs is 1. The van der Waals surface area contributed by atoms with Gasteiger partial charge in [0.2, 0.25) is 11.8 Å². The molecule has 1 aliphatic heterocycles. The molecule has 0 radical (unpaired) electrons. The monoisotopic (exact) mass is 412 g/mol. The molecular formula is C23H28N2O5. The molecule has 1 heterocycles. The third-order valence-corrected chi connectivity index (χ3v) is 5.86. The number of imide groups is 1.